The number of benzene rings is 1. The molecule has 0 heterocycles. The standard InChI is InChI=1S/C14H21F2NO2/c1-18-8-7-17-6-4-3-5-12-13(15)9-11(19-2)10-14(12)16/h9-10,17H,3-8H2,1-2H3. The van der Waals surface area contributed by atoms with Crippen LogP contribution in [0.2, 0.25) is 0 Å². The predicted octanol–water partition coefficient (Wildman–Crippen LogP) is 2.53. The zero-order chi connectivity index (χ0) is 14.1. The lowest BCUT2D eigenvalue weighted by atomic mass is 10.1. The Morgan fingerprint density at radius 3 is 2.32 bits per heavy atom. The van der Waals surface area contributed by atoms with Crippen molar-refractivity contribution in [3.8, 4) is 5.75 Å². The number of hydrogen-bond acceptors (Lipinski definition) is 3. The van der Waals surface area contributed by atoms with Gasteiger partial charge < -0.3 is 14.8 Å². The average molecular weight is 273 g/mol. The highest BCUT2D eigenvalue weighted by Gasteiger charge is 2.11. The molecule has 0 spiro atoms. The van der Waals surface area contributed by atoms with Gasteiger partial charge in [-0.3, -0.25) is 0 Å². The van der Waals surface area contributed by atoms with Gasteiger partial charge in [0.15, 0.2) is 0 Å². The average Bonchev–Trinajstić information content (AvgIpc) is 2.40. The van der Waals surface area contributed by atoms with E-state index in [0.717, 1.165) is 25.9 Å². The Bertz CT molecular complexity index is 363. The first-order valence-electron chi connectivity index (χ1n) is 6.40. The second kappa shape index (κ2) is 8.82. The van der Waals surface area contributed by atoms with Crippen LogP contribution in [0, 0.1) is 11.6 Å². The van der Waals surface area contributed by atoms with Crippen molar-refractivity contribution in [1.29, 1.82) is 0 Å². The fourth-order valence-electron chi connectivity index (χ4n) is 1.79. The predicted molar refractivity (Wildman–Crippen MR) is 70.6 cm³/mol. The van der Waals surface area contributed by atoms with Crippen LogP contribution >= 0.6 is 0 Å². The van der Waals surface area contributed by atoms with Crippen molar-refractivity contribution < 1.29 is 18.3 Å². The quantitative estimate of drug-likeness (QED) is 0.701. The number of rotatable bonds is 9. The van der Waals surface area contributed by atoms with E-state index in [4.69, 9.17) is 9.47 Å². The second-order valence-corrected chi connectivity index (χ2v) is 4.27. The van der Waals surface area contributed by atoms with E-state index in [-0.39, 0.29) is 11.3 Å². The molecule has 0 atom stereocenters. The molecular formula is C14H21F2NO2. The molecule has 1 rings (SSSR count). The molecule has 0 saturated carbocycles. The summed E-state index contributed by atoms with van der Waals surface area (Å²) in [5.74, 6) is -0.867. The van der Waals surface area contributed by atoms with Crippen LogP contribution in [0.4, 0.5) is 8.78 Å². The maximum absolute atomic E-state index is 13.6. The van der Waals surface area contributed by atoms with Crippen molar-refractivity contribution in [2.24, 2.45) is 0 Å². The minimum absolute atomic E-state index is 0.137. The Morgan fingerprint density at radius 2 is 1.74 bits per heavy atom. The first-order valence-corrected chi connectivity index (χ1v) is 6.40. The SMILES string of the molecule is COCCNCCCCc1c(F)cc(OC)cc1F. The summed E-state index contributed by atoms with van der Waals surface area (Å²) in [7, 11) is 3.04. The van der Waals surface area contributed by atoms with Crippen LogP contribution in [0.25, 0.3) is 0 Å². The van der Waals surface area contributed by atoms with Gasteiger partial charge in [0.2, 0.25) is 0 Å². The Balaban J connectivity index is 2.33. The van der Waals surface area contributed by atoms with Crippen LogP contribution in [0.1, 0.15) is 18.4 Å². The van der Waals surface area contributed by atoms with Crippen molar-refractivity contribution in [2.45, 2.75) is 19.3 Å². The summed E-state index contributed by atoms with van der Waals surface area (Å²) >= 11 is 0. The topological polar surface area (TPSA) is 30.5 Å². The molecule has 0 fully saturated rings. The fourth-order valence-corrected chi connectivity index (χ4v) is 1.79. The molecule has 19 heavy (non-hydrogen) atoms. The van der Waals surface area contributed by atoms with Gasteiger partial charge in [0.1, 0.15) is 17.4 Å². The minimum Gasteiger partial charge on any atom is -0.497 e. The van der Waals surface area contributed by atoms with Gasteiger partial charge in [-0.15, -0.1) is 0 Å². The molecule has 0 amide bonds. The van der Waals surface area contributed by atoms with Crippen molar-refractivity contribution in [3.63, 3.8) is 0 Å². The third-order valence-electron chi connectivity index (χ3n) is 2.86. The van der Waals surface area contributed by atoms with Crippen LogP contribution in [0.15, 0.2) is 12.1 Å². The molecule has 108 valence electrons. The molecule has 0 aliphatic heterocycles. The number of hydrogen-bond donors (Lipinski definition) is 1. The summed E-state index contributed by atoms with van der Waals surface area (Å²) in [6, 6.07) is 2.44. The Kier molecular flexibility index (Phi) is 7.36. The van der Waals surface area contributed by atoms with Crippen LogP contribution in [0.5, 0.6) is 5.75 Å². The summed E-state index contributed by atoms with van der Waals surface area (Å²) < 4.78 is 37.0. The summed E-state index contributed by atoms with van der Waals surface area (Å²) in [5, 5.41) is 3.19. The van der Waals surface area contributed by atoms with Crippen molar-refractivity contribution in [2.75, 3.05) is 33.9 Å². The van der Waals surface area contributed by atoms with E-state index in [1.165, 1.54) is 19.2 Å². The third-order valence-corrected chi connectivity index (χ3v) is 2.86. The first-order chi connectivity index (χ1) is 9.19. The fraction of sp³-hybridized carbons (Fsp3) is 0.571. The summed E-state index contributed by atoms with van der Waals surface area (Å²) in [5.41, 5.74) is 0.137. The number of nitrogens with one attached hydrogen (secondary N) is 1. The number of ether oxygens (including phenoxy) is 2. The van der Waals surface area contributed by atoms with Gasteiger partial charge in [-0.25, -0.2) is 8.78 Å². The van der Waals surface area contributed by atoms with E-state index in [9.17, 15) is 8.78 Å². The lowest BCUT2D eigenvalue weighted by Crippen LogP contribution is -2.20. The summed E-state index contributed by atoms with van der Waals surface area (Å²) in [6.45, 7) is 2.28. The molecule has 3 nitrogen and oxygen atoms in total. The molecule has 0 aromatic heterocycles. The molecule has 1 N–H and O–H groups in total. The highest BCUT2D eigenvalue weighted by molar-refractivity contribution is 5.30. The van der Waals surface area contributed by atoms with Crippen molar-refractivity contribution in [3.05, 3.63) is 29.3 Å². The Labute approximate surface area is 112 Å². The molecule has 0 unspecified atom stereocenters. The maximum atomic E-state index is 13.6. The van der Waals surface area contributed by atoms with E-state index in [1.54, 1.807) is 7.11 Å². The first kappa shape index (κ1) is 15.9. The van der Waals surface area contributed by atoms with Crippen LogP contribution < -0.4 is 10.1 Å². The minimum atomic E-state index is -0.538. The van der Waals surface area contributed by atoms with Gasteiger partial charge in [-0.05, 0) is 25.8 Å². The molecule has 0 aliphatic carbocycles. The van der Waals surface area contributed by atoms with Gasteiger partial charge in [0.05, 0.1) is 13.7 Å². The third kappa shape index (κ3) is 5.53. The van der Waals surface area contributed by atoms with Crippen LogP contribution in [0.3, 0.4) is 0 Å². The van der Waals surface area contributed by atoms with E-state index >= 15 is 0 Å². The molecule has 0 radical (unpaired) electrons. The zero-order valence-electron chi connectivity index (χ0n) is 11.5. The molecule has 0 saturated heterocycles. The van der Waals surface area contributed by atoms with E-state index in [0.29, 0.717) is 13.0 Å². The smallest absolute Gasteiger partial charge is 0.133 e. The van der Waals surface area contributed by atoms with Gasteiger partial charge >= 0.3 is 0 Å². The maximum Gasteiger partial charge on any atom is 0.133 e. The monoisotopic (exact) mass is 273 g/mol. The van der Waals surface area contributed by atoms with Crippen molar-refractivity contribution >= 4 is 0 Å². The molecule has 0 bridgehead atoms. The van der Waals surface area contributed by atoms with Gasteiger partial charge in [-0.1, -0.05) is 0 Å². The van der Waals surface area contributed by atoms with Crippen molar-refractivity contribution in [1.82, 2.24) is 5.32 Å². The highest BCUT2D eigenvalue weighted by atomic mass is 19.1. The summed E-state index contributed by atoms with van der Waals surface area (Å²) in [4.78, 5) is 0. The second-order valence-electron chi connectivity index (χ2n) is 4.27. The lowest BCUT2D eigenvalue weighted by molar-refractivity contribution is 0.199. The normalized spacial score (nSPS) is 10.7. The van der Waals surface area contributed by atoms with Gasteiger partial charge in [0.25, 0.3) is 0 Å². The molecule has 1 aromatic rings. The Hall–Kier alpha value is -1.20. The van der Waals surface area contributed by atoms with Crippen LogP contribution in [-0.4, -0.2) is 33.9 Å². The van der Waals surface area contributed by atoms with Gasteiger partial charge in [0, 0.05) is 31.4 Å². The molecule has 5 heteroatoms. The highest BCUT2D eigenvalue weighted by Crippen LogP contribution is 2.21. The molecule has 1 aromatic carbocycles. The van der Waals surface area contributed by atoms with Crippen LogP contribution in [-0.2, 0) is 11.2 Å². The van der Waals surface area contributed by atoms with E-state index < -0.39 is 11.6 Å². The van der Waals surface area contributed by atoms with E-state index in [2.05, 4.69) is 5.32 Å². The number of halogens is 2. The van der Waals surface area contributed by atoms with E-state index in [1.807, 2.05) is 0 Å². The lowest BCUT2D eigenvalue weighted by Gasteiger charge is -2.08. The Morgan fingerprint density at radius 1 is 1.05 bits per heavy atom. The largest absolute Gasteiger partial charge is 0.497 e. The zero-order valence-corrected chi connectivity index (χ0v) is 11.5. The number of unbranched alkanes of at least 4 members (excludes halogenated alkanes) is 1. The van der Waals surface area contributed by atoms with Gasteiger partial charge in [-0.2, -0.15) is 0 Å². The molecular weight excluding hydrogens is 252 g/mol. The number of methoxy groups -OCH3 is 2. The molecule has 0 aliphatic rings. The summed E-state index contributed by atoms with van der Waals surface area (Å²) in [6.07, 6.45) is 2.00.